The van der Waals surface area contributed by atoms with Crippen LogP contribution in [0.5, 0.6) is 0 Å². The molecular weight excluding hydrogens is 421 g/mol. The lowest BCUT2D eigenvalue weighted by atomic mass is 10.0. The van der Waals surface area contributed by atoms with Gasteiger partial charge in [0.05, 0.1) is 17.1 Å². The first-order chi connectivity index (χ1) is 15.0. The molecule has 2 fully saturated rings. The molecule has 2 aliphatic rings. The van der Waals surface area contributed by atoms with Gasteiger partial charge in [0.2, 0.25) is 11.8 Å². The lowest BCUT2D eigenvalue weighted by Gasteiger charge is -2.34. The minimum Gasteiger partial charge on any atom is -0.472 e. The summed E-state index contributed by atoms with van der Waals surface area (Å²) in [7, 11) is 0. The van der Waals surface area contributed by atoms with Gasteiger partial charge >= 0.3 is 0 Å². The Kier molecular flexibility index (Phi) is 6.60. The van der Waals surface area contributed by atoms with Gasteiger partial charge in [-0.25, -0.2) is 4.39 Å². The number of carbonyl (C=O) groups is 3. The summed E-state index contributed by atoms with van der Waals surface area (Å²) >= 11 is 1.37. The maximum Gasteiger partial charge on any atom is 0.257 e. The van der Waals surface area contributed by atoms with Crippen molar-refractivity contribution in [2.24, 2.45) is 0 Å². The number of rotatable bonds is 5. The molecule has 0 bridgehead atoms. The normalized spacial score (nSPS) is 22.1. The van der Waals surface area contributed by atoms with E-state index < -0.39 is 11.3 Å². The highest BCUT2D eigenvalue weighted by molar-refractivity contribution is 8.00. The molecule has 2 aromatic rings. The van der Waals surface area contributed by atoms with E-state index in [0.717, 1.165) is 0 Å². The molecule has 3 heterocycles. The molecule has 2 saturated heterocycles. The van der Waals surface area contributed by atoms with Crippen LogP contribution in [-0.2, 0) is 16.0 Å². The average molecular weight is 446 g/mol. The minimum atomic E-state index is -0.611. The third-order valence-corrected chi connectivity index (χ3v) is 6.96. The average Bonchev–Trinajstić information content (AvgIpc) is 3.31. The smallest absolute Gasteiger partial charge is 0.257 e. The predicted molar refractivity (Wildman–Crippen MR) is 114 cm³/mol. The number of hydrogen-bond acceptors (Lipinski definition) is 5. The van der Waals surface area contributed by atoms with E-state index in [1.54, 1.807) is 29.2 Å². The minimum absolute atomic E-state index is 0.0426. The number of halogens is 1. The quantitative estimate of drug-likeness (QED) is 0.735. The summed E-state index contributed by atoms with van der Waals surface area (Å²) in [5.41, 5.74) is 1.02. The number of benzene rings is 1. The van der Waals surface area contributed by atoms with Crippen molar-refractivity contribution in [2.75, 3.05) is 18.8 Å². The largest absolute Gasteiger partial charge is 0.472 e. The van der Waals surface area contributed by atoms with Crippen LogP contribution >= 0.6 is 11.8 Å². The van der Waals surface area contributed by atoms with Gasteiger partial charge in [0.15, 0.2) is 0 Å². The zero-order valence-corrected chi connectivity index (χ0v) is 17.7. The third-order valence-electron chi connectivity index (χ3n) is 5.65. The second kappa shape index (κ2) is 9.55. The van der Waals surface area contributed by atoms with E-state index in [-0.39, 0.29) is 29.6 Å². The molecule has 2 N–H and O–H groups in total. The number of thioether (sulfide) groups is 1. The first-order valence-corrected chi connectivity index (χ1v) is 11.3. The molecule has 0 unspecified atom stereocenters. The van der Waals surface area contributed by atoms with Gasteiger partial charge in [-0.1, -0.05) is 18.2 Å². The standard InChI is InChI=1S/C22H24FN3O4S/c23-17-4-2-1-3-14(17)11-19-21(28)25-18(13-31-19)20(27)24-16-5-8-26(9-6-16)22(29)15-7-10-30-12-15/h1-4,7,10,12,16,18-19H,5-6,8-9,11,13H2,(H,24,27)(H,25,28)/t18-,19-/m0/s1. The fraction of sp³-hybridized carbons (Fsp3) is 0.409. The van der Waals surface area contributed by atoms with Crippen molar-refractivity contribution in [3.05, 3.63) is 59.8 Å². The Morgan fingerprint density at radius 2 is 2.00 bits per heavy atom. The summed E-state index contributed by atoms with van der Waals surface area (Å²) in [6, 6.07) is 7.40. The van der Waals surface area contributed by atoms with E-state index in [2.05, 4.69) is 10.6 Å². The SMILES string of the molecule is O=C(NC1CCN(C(=O)c2ccoc2)CC1)[C@@H]1CS[C@@H](Cc2ccccc2F)C(=O)N1. The van der Waals surface area contributed by atoms with Crippen LogP contribution in [0.4, 0.5) is 4.39 Å². The third kappa shape index (κ3) is 5.10. The van der Waals surface area contributed by atoms with Gasteiger partial charge in [-0.15, -0.1) is 11.8 Å². The van der Waals surface area contributed by atoms with Crippen molar-refractivity contribution in [1.29, 1.82) is 0 Å². The molecule has 9 heteroatoms. The Hall–Kier alpha value is -2.81. The number of piperidine rings is 1. The molecule has 4 rings (SSSR count). The van der Waals surface area contributed by atoms with Crippen LogP contribution in [0.15, 0.2) is 47.3 Å². The molecule has 164 valence electrons. The fourth-order valence-corrected chi connectivity index (χ4v) is 5.02. The molecule has 0 aliphatic carbocycles. The zero-order chi connectivity index (χ0) is 21.8. The molecular formula is C22H24FN3O4S. The Bertz CT molecular complexity index is 944. The Labute approximate surface area is 183 Å². The zero-order valence-electron chi connectivity index (χ0n) is 16.9. The number of nitrogens with one attached hydrogen (secondary N) is 2. The highest BCUT2D eigenvalue weighted by Crippen LogP contribution is 2.23. The van der Waals surface area contributed by atoms with E-state index >= 15 is 0 Å². The lowest BCUT2D eigenvalue weighted by Crippen LogP contribution is -2.57. The van der Waals surface area contributed by atoms with Crippen molar-refractivity contribution < 1.29 is 23.2 Å². The summed E-state index contributed by atoms with van der Waals surface area (Å²) in [4.78, 5) is 39.2. The number of likely N-dealkylation sites (tertiary alicyclic amines) is 1. The van der Waals surface area contributed by atoms with Gasteiger partial charge in [-0.2, -0.15) is 0 Å². The number of nitrogens with zero attached hydrogens (tertiary/aromatic N) is 1. The summed E-state index contributed by atoms with van der Waals surface area (Å²) in [5, 5.41) is 5.35. The molecule has 2 aliphatic heterocycles. The first-order valence-electron chi connectivity index (χ1n) is 10.3. The van der Waals surface area contributed by atoms with Gasteiger partial charge in [-0.3, -0.25) is 14.4 Å². The summed E-state index contributed by atoms with van der Waals surface area (Å²) < 4.78 is 18.8. The molecule has 7 nitrogen and oxygen atoms in total. The Balaban J connectivity index is 1.23. The predicted octanol–water partition coefficient (Wildman–Crippen LogP) is 1.98. The maximum absolute atomic E-state index is 13.9. The maximum atomic E-state index is 13.9. The van der Waals surface area contributed by atoms with Crippen molar-refractivity contribution in [3.63, 3.8) is 0 Å². The molecule has 0 saturated carbocycles. The van der Waals surface area contributed by atoms with Crippen molar-refractivity contribution in [1.82, 2.24) is 15.5 Å². The van der Waals surface area contributed by atoms with Crippen LogP contribution in [0.1, 0.15) is 28.8 Å². The van der Waals surface area contributed by atoms with Crippen LogP contribution in [-0.4, -0.2) is 58.8 Å². The van der Waals surface area contributed by atoms with Gasteiger partial charge in [0.25, 0.3) is 5.91 Å². The molecule has 0 spiro atoms. The fourth-order valence-electron chi connectivity index (χ4n) is 3.85. The highest BCUT2D eigenvalue weighted by atomic mass is 32.2. The molecule has 2 atom stereocenters. The number of hydrogen-bond donors (Lipinski definition) is 2. The number of furan rings is 1. The Morgan fingerprint density at radius 1 is 1.23 bits per heavy atom. The van der Waals surface area contributed by atoms with Crippen molar-refractivity contribution in [2.45, 2.75) is 36.6 Å². The van der Waals surface area contributed by atoms with Crippen LogP contribution < -0.4 is 10.6 Å². The summed E-state index contributed by atoms with van der Waals surface area (Å²) in [6.45, 7) is 1.09. The molecule has 31 heavy (non-hydrogen) atoms. The number of carbonyl (C=O) groups excluding carboxylic acids is 3. The van der Waals surface area contributed by atoms with E-state index in [1.165, 1.54) is 30.4 Å². The molecule has 1 aromatic carbocycles. The van der Waals surface area contributed by atoms with Gasteiger partial charge in [-0.05, 0) is 37.0 Å². The lowest BCUT2D eigenvalue weighted by molar-refractivity contribution is -0.129. The van der Waals surface area contributed by atoms with Gasteiger partial charge < -0.3 is 20.0 Å². The highest BCUT2D eigenvalue weighted by Gasteiger charge is 2.34. The second-order valence-electron chi connectivity index (χ2n) is 7.77. The van der Waals surface area contributed by atoms with Crippen molar-refractivity contribution >= 4 is 29.5 Å². The second-order valence-corrected chi connectivity index (χ2v) is 9.00. The molecule has 3 amide bonds. The van der Waals surface area contributed by atoms with E-state index in [9.17, 15) is 18.8 Å². The van der Waals surface area contributed by atoms with E-state index in [4.69, 9.17) is 4.42 Å². The van der Waals surface area contributed by atoms with Gasteiger partial charge in [0, 0.05) is 24.9 Å². The first kappa shape index (κ1) is 21.4. The number of amides is 3. The molecule has 0 radical (unpaired) electrons. The topological polar surface area (TPSA) is 91.7 Å². The van der Waals surface area contributed by atoms with Crippen LogP contribution in [0.3, 0.4) is 0 Å². The van der Waals surface area contributed by atoms with Crippen molar-refractivity contribution in [3.8, 4) is 0 Å². The molecule has 1 aromatic heterocycles. The summed E-state index contributed by atoms with van der Waals surface area (Å²) in [6.07, 6.45) is 4.50. The van der Waals surface area contributed by atoms with E-state index in [1.807, 2.05) is 0 Å². The monoisotopic (exact) mass is 445 g/mol. The van der Waals surface area contributed by atoms with Crippen LogP contribution in [0.2, 0.25) is 0 Å². The van der Waals surface area contributed by atoms with Crippen LogP contribution in [0.25, 0.3) is 0 Å². The Morgan fingerprint density at radius 3 is 2.68 bits per heavy atom. The van der Waals surface area contributed by atoms with Gasteiger partial charge in [0.1, 0.15) is 18.1 Å². The summed E-state index contributed by atoms with van der Waals surface area (Å²) in [5.74, 6) is -0.428. The van der Waals surface area contributed by atoms with Crippen LogP contribution in [0, 0.1) is 5.82 Å². The van der Waals surface area contributed by atoms with E-state index in [0.29, 0.717) is 49.2 Å².